The molecule has 5 nitrogen and oxygen atoms in total. The van der Waals surface area contributed by atoms with Gasteiger partial charge in [-0.1, -0.05) is 76.4 Å². The van der Waals surface area contributed by atoms with E-state index in [2.05, 4.69) is 61.3 Å². The molecular formula is C30H29N3O2. The Hall–Kier alpha value is -4.25. The Labute approximate surface area is 206 Å². The first-order valence-corrected chi connectivity index (χ1v) is 11.4. The Morgan fingerprint density at radius 3 is 1.83 bits per heavy atom. The normalized spacial score (nSPS) is 11.8. The molecule has 0 atom stereocenters. The highest BCUT2D eigenvalue weighted by molar-refractivity contribution is 5.97. The van der Waals surface area contributed by atoms with Gasteiger partial charge >= 0.3 is 0 Å². The monoisotopic (exact) mass is 463 g/mol. The van der Waals surface area contributed by atoms with Crippen LogP contribution in [0.15, 0.2) is 95.4 Å². The van der Waals surface area contributed by atoms with E-state index in [0.29, 0.717) is 23.4 Å². The third-order valence-corrected chi connectivity index (χ3v) is 5.69. The summed E-state index contributed by atoms with van der Waals surface area (Å²) in [6, 6.07) is 23.7. The lowest BCUT2D eigenvalue weighted by Gasteiger charge is -2.19. The highest BCUT2D eigenvalue weighted by Crippen LogP contribution is 2.27. The minimum Gasteiger partial charge on any atom is -0.439 e. The van der Waals surface area contributed by atoms with Crippen molar-refractivity contribution in [2.45, 2.75) is 26.2 Å². The zero-order valence-electron chi connectivity index (χ0n) is 20.6. The third-order valence-electron chi connectivity index (χ3n) is 5.69. The summed E-state index contributed by atoms with van der Waals surface area (Å²) in [6.45, 7) is 14.4. The lowest BCUT2D eigenvalue weighted by Crippen LogP contribution is -2.11. The van der Waals surface area contributed by atoms with Crippen molar-refractivity contribution in [2.24, 2.45) is 4.99 Å². The van der Waals surface area contributed by atoms with Gasteiger partial charge in [0.05, 0.1) is 0 Å². The Morgan fingerprint density at radius 1 is 0.829 bits per heavy atom. The van der Waals surface area contributed by atoms with Gasteiger partial charge in [-0.15, -0.1) is 10.2 Å². The van der Waals surface area contributed by atoms with Crippen LogP contribution in [0, 0.1) is 0 Å². The zero-order chi connectivity index (χ0) is 25.0. The summed E-state index contributed by atoms with van der Waals surface area (Å²) in [5.74, 6) is 1.93. The topological polar surface area (TPSA) is 60.5 Å². The maximum absolute atomic E-state index is 6.02. The van der Waals surface area contributed by atoms with Crippen molar-refractivity contribution in [2.75, 3.05) is 7.05 Å². The summed E-state index contributed by atoms with van der Waals surface area (Å²) in [5, 5.41) is 8.38. The average molecular weight is 464 g/mol. The van der Waals surface area contributed by atoms with Gasteiger partial charge in [0.1, 0.15) is 5.76 Å². The zero-order valence-corrected chi connectivity index (χ0v) is 20.6. The Morgan fingerprint density at radius 2 is 1.34 bits per heavy atom. The fourth-order valence-electron chi connectivity index (χ4n) is 3.54. The molecule has 4 rings (SSSR count). The maximum Gasteiger partial charge on any atom is 0.248 e. The predicted molar refractivity (Wildman–Crippen MR) is 143 cm³/mol. The highest BCUT2D eigenvalue weighted by Gasteiger charge is 2.15. The van der Waals surface area contributed by atoms with Crippen LogP contribution < -0.4 is 0 Å². The summed E-state index contributed by atoms with van der Waals surface area (Å²) in [5.41, 5.74) is 5.78. The molecule has 0 aliphatic carbocycles. The van der Waals surface area contributed by atoms with Crippen LogP contribution in [0.1, 0.15) is 43.0 Å². The largest absolute Gasteiger partial charge is 0.439 e. The van der Waals surface area contributed by atoms with Gasteiger partial charge in [0.25, 0.3) is 0 Å². The predicted octanol–water partition coefficient (Wildman–Crippen LogP) is 7.41. The number of ether oxygens (including phenoxy) is 1. The van der Waals surface area contributed by atoms with Crippen molar-refractivity contribution < 1.29 is 9.15 Å². The molecular weight excluding hydrogens is 434 g/mol. The summed E-state index contributed by atoms with van der Waals surface area (Å²) in [6.07, 6.45) is 1.79. The second kappa shape index (κ2) is 9.94. The van der Waals surface area contributed by atoms with E-state index in [1.807, 2.05) is 60.7 Å². The number of nitrogens with zero attached hydrogens (tertiary/aromatic N) is 3. The molecule has 0 bridgehead atoms. The van der Waals surface area contributed by atoms with Crippen LogP contribution in [0.2, 0.25) is 0 Å². The molecule has 0 amide bonds. The summed E-state index contributed by atoms with van der Waals surface area (Å²) >= 11 is 0. The molecule has 0 N–H and O–H groups in total. The van der Waals surface area contributed by atoms with Crippen LogP contribution in [0.5, 0.6) is 0 Å². The summed E-state index contributed by atoms with van der Waals surface area (Å²) < 4.78 is 11.9. The molecule has 0 fully saturated rings. The van der Waals surface area contributed by atoms with E-state index in [-0.39, 0.29) is 5.41 Å². The summed E-state index contributed by atoms with van der Waals surface area (Å²) in [7, 11) is 1.70. The van der Waals surface area contributed by atoms with Crippen molar-refractivity contribution in [1.29, 1.82) is 0 Å². The maximum atomic E-state index is 6.02. The Kier molecular flexibility index (Phi) is 6.78. The quantitative estimate of drug-likeness (QED) is 0.170. The van der Waals surface area contributed by atoms with Crippen molar-refractivity contribution >= 4 is 17.7 Å². The lowest BCUT2D eigenvalue weighted by molar-refractivity contribution is 0.509. The second-order valence-electron chi connectivity index (χ2n) is 9.20. The van der Waals surface area contributed by atoms with Crippen LogP contribution in [0.3, 0.4) is 0 Å². The van der Waals surface area contributed by atoms with Gasteiger partial charge in [0, 0.05) is 29.3 Å². The van der Waals surface area contributed by atoms with Crippen LogP contribution in [-0.2, 0) is 10.2 Å². The van der Waals surface area contributed by atoms with Crippen molar-refractivity contribution in [3.8, 4) is 22.9 Å². The first kappa shape index (κ1) is 23.9. The molecule has 0 unspecified atom stereocenters. The smallest absolute Gasteiger partial charge is 0.248 e. The number of benzene rings is 3. The Bertz CT molecular complexity index is 1360. The van der Waals surface area contributed by atoms with Crippen molar-refractivity contribution in [3.63, 3.8) is 0 Å². The first-order chi connectivity index (χ1) is 16.8. The van der Waals surface area contributed by atoms with E-state index in [0.717, 1.165) is 27.8 Å². The van der Waals surface area contributed by atoms with Crippen LogP contribution >= 0.6 is 0 Å². The van der Waals surface area contributed by atoms with E-state index < -0.39 is 0 Å². The minimum absolute atomic E-state index is 0.0910. The molecule has 176 valence electrons. The number of rotatable bonds is 6. The van der Waals surface area contributed by atoms with Gasteiger partial charge in [-0.3, -0.25) is 4.99 Å². The molecule has 0 spiro atoms. The molecule has 4 aromatic rings. The molecule has 1 heterocycles. The SMILES string of the molecule is C=Cc1ccc(-c2nnc(-c3ccc(/C(=N/C)OC(=C)c4ccc(C(C)(C)C)cc4)cc3)o2)cc1. The van der Waals surface area contributed by atoms with Crippen molar-refractivity contribution in [1.82, 2.24) is 10.2 Å². The van der Waals surface area contributed by atoms with Crippen LogP contribution in [0.25, 0.3) is 34.7 Å². The first-order valence-electron chi connectivity index (χ1n) is 11.4. The Balaban J connectivity index is 1.47. The lowest BCUT2D eigenvalue weighted by atomic mass is 9.86. The molecule has 0 aliphatic heterocycles. The number of aliphatic imine (C=N–C) groups is 1. The molecule has 1 aromatic heterocycles. The molecule has 0 saturated carbocycles. The van der Waals surface area contributed by atoms with Gasteiger partial charge < -0.3 is 9.15 Å². The third kappa shape index (κ3) is 5.46. The van der Waals surface area contributed by atoms with Gasteiger partial charge in [-0.2, -0.15) is 0 Å². The standard InChI is InChI=1S/C30H29N3O2/c1-7-21-8-10-24(11-9-21)28-32-33-29(35-28)25-14-12-23(13-15-25)27(31-6)34-20(2)22-16-18-26(19-17-22)30(3,4)5/h7-19H,1-2H2,3-6H3/b31-27-. The van der Waals surface area contributed by atoms with Crippen molar-refractivity contribution in [3.05, 3.63) is 108 Å². The van der Waals surface area contributed by atoms with Gasteiger partial charge in [-0.05, 0) is 52.9 Å². The average Bonchev–Trinajstić information content (AvgIpc) is 3.37. The van der Waals surface area contributed by atoms with Crippen LogP contribution in [-0.4, -0.2) is 23.1 Å². The van der Waals surface area contributed by atoms with E-state index in [9.17, 15) is 0 Å². The summed E-state index contributed by atoms with van der Waals surface area (Å²) in [4.78, 5) is 4.32. The van der Waals surface area contributed by atoms with E-state index in [1.165, 1.54) is 5.56 Å². The van der Waals surface area contributed by atoms with Crippen LogP contribution in [0.4, 0.5) is 0 Å². The van der Waals surface area contributed by atoms with Gasteiger partial charge in [0.2, 0.25) is 17.7 Å². The van der Waals surface area contributed by atoms with Gasteiger partial charge in [0.15, 0.2) is 0 Å². The molecule has 35 heavy (non-hydrogen) atoms. The molecule has 0 radical (unpaired) electrons. The number of aromatic nitrogens is 2. The molecule has 3 aromatic carbocycles. The van der Waals surface area contributed by atoms with Gasteiger partial charge in [-0.25, -0.2) is 0 Å². The van der Waals surface area contributed by atoms with E-state index >= 15 is 0 Å². The highest BCUT2D eigenvalue weighted by atomic mass is 16.5. The minimum atomic E-state index is 0.0910. The number of hydrogen-bond acceptors (Lipinski definition) is 5. The van der Waals surface area contributed by atoms with E-state index in [4.69, 9.17) is 9.15 Å². The fraction of sp³-hybridized carbons (Fsp3) is 0.167. The molecule has 0 aliphatic rings. The number of hydrogen-bond donors (Lipinski definition) is 0. The fourth-order valence-corrected chi connectivity index (χ4v) is 3.54. The molecule has 5 heteroatoms. The van der Waals surface area contributed by atoms with E-state index in [1.54, 1.807) is 13.1 Å². The second-order valence-corrected chi connectivity index (χ2v) is 9.20. The molecule has 0 saturated heterocycles.